The van der Waals surface area contributed by atoms with Crippen LogP contribution >= 0.6 is 11.3 Å². The summed E-state index contributed by atoms with van der Waals surface area (Å²) in [6.45, 7) is 6.42. The summed E-state index contributed by atoms with van der Waals surface area (Å²) in [5, 5.41) is 0.951. The lowest BCUT2D eigenvalue weighted by atomic mass is 10.1. The highest BCUT2D eigenvalue weighted by Crippen LogP contribution is 2.32. The van der Waals surface area contributed by atoms with Crippen LogP contribution in [0.2, 0.25) is 0 Å². The lowest BCUT2D eigenvalue weighted by Crippen LogP contribution is -2.36. The van der Waals surface area contributed by atoms with Crippen molar-refractivity contribution in [3.8, 4) is 16.3 Å². The van der Waals surface area contributed by atoms with Crippen molar-refractivity contribution < 1.29 is 19.1 Å². The smallest absolute Gasteiger partial charge is 0.315 e. The molecule has 2 aliphatic rings. The SMILES string of the molecule is COC(=O)CC(=O)N1CCc2nc(-c3ccc(OCCCN4CCC[C@H]4C)cc3)sc2C1. The van der Waals surface area contributed by atoms with Crippen LogP contribution in [0.1, 0.15) is 43.2 Å². The van der Waals surface area contributed by atoms with E-state index >= 15 is 0 Å². The fourth-order valence-electron chi connectivity index (χ4n) is 4.32. The number of likely N-dealkylation sites (tertiary alicyclic amines) is 1. The second-order valence-electron chi connectivity index (χ2n) is 8.46. The van der Waals surface area contributed by atoms with Gasteiger partial charge in [-0.15, -0.1) is 11.3 Å². The monoisotopic (exact) mass is 457 g/mol. The van der Waals surface area contributed by atoms with E-state index < -0.39 is 5.97 Å². The minimum atomic E-state index is -0.501. The number of fused-ring (bicyclic) bond motifs is 1. The molecule has 0 aliphatic carbocycles. The Morgan fingerprint density at radius 3 is 2.75 bits per heavy atom. The maximum Gasteiger partial charge on any atom is 0.315 e. The lowest BCUT2D eigenvalue weighted by Gasteiger charge is -2.25. The van der Waals surface area contributed by atoms with Crippen molar-refractivity contribution in [2.24, 2.45) is 0 Å². The van der Waals surface area contributed by atoms with Gasteiger partial charge >= 0.3 is 5.97 Å². The van der Waals surface area contributed by atoms with Gasteiger partial charge in [0, 0.05) is 36.0 Å². The van der Waals surface area contributed by atoms with E-state index in [0.717, 1.165) is 46.5 Å². The number of amides is 1. The van der Waals surface area contributed by atoms with Gasteiger partial charge in [-0.25, -0.2) is 4.98 Å². The molecule has 4 rings (SSSR count). The Bertz CT molecular complexity index is 943. The van der Waals surface area contributed by atoms with E-state index in [0.29, 0.717) is 25.6 Å². The van der Waals surface area contributed by atoms with Crippen molar-refractivity contribution in [2.45, 2.75) is 51.6 Å². The van der Waals surface area contributed by atoms with Crippen LogP contribution in [-0.4, -0.2) is 66.1 Å². The first-order valence-electron chi connectivity index (χ1n) is 11.3. The number of rotatable bonds is 8. The molecule has 1 fully saturated rings. The van der Waals surface area contributed by atoms with E-state index in [1.54, 1.807) is 16.2 Å². The molecule has 0 spiro atoms. The van der Waals surface area contributed by atoms with Crippen LogP contribution in [0.25, 0.3) is 10.6 Å². The van der Waals surface area contributed by atoms with E-state index in [2.05, 4.69) is 16.6 Å². The third-order valence-corrected chi connectivity index (χ3v) is 7.39. The molecule has 32 heavy (non-hydrogen) atoms. The average Bonchev–Trinajstić information content (AvgIpc) is 3.42. The summed E-state index contributed by atoms with van der Waals surface area (Å²) in [6, 6.07) is 8.79. The van der Waals surface area contributed by atoms with Crippen LogP contribution in [-0.2, 0) is 27.3 Å². The van der Waals surface area contributed by atoms with Gasteiger partial charge in [0.25, 0.3) is 0 Å². The normalized spacial score (nSPS) is 18.4. The molecule has 0 N–H and O–H groups in total. The van der Waals surface area contributed by atoms with E-state index in [9.17, 15) is 9.59 Å². The summed E-state index contributed by atoms with van der Waals surface area (Å²) < 4.78 is 10.5. The molecule has 0 unspecified atom stereocenters. The molecule has 1 aromatic heterocycles. The number of nitrogens with zero attached hydrogens (tertiary/aromatic N) is 3. The van der Waals surface area contributed by atoms with Crippen molar-refractivity contribution >= 4 is 23.2 Å². The maximum absolute atomic E-state index is 12.3. The van der Waals surface area contributed by atoms with E-state index in [4.69, 9.17) is 9.72 Å². The summed E-state index contributed by atoms with van der Waals surface area (Å²) in [7, 11) is 1.30. The molecule has 1 atom stereocenters. The van der Waals surface area contributed by atoms with Crippen molar-refractivity contribution in [3.05, 3.63) is 34.8 Å². The highest BCUT2D eigenvalue weighted by Gasteiger charge is 2.26. The molecule has 8 heteroatoms. The molecule has 1 aromatic carbocycles. The van der Waals surface area contributed by atoms with Gasteiger partial charge in [-0.2, -0.15) is 0 Å². The van der Waals surface area contributed by atoms with Gasteiger partial charge in [-0.3, -0.25) is 9.59 Å². The zero-order chi connectivity index (χ0) is 22.5. The maximum atomic E-state index is 12.3. The van der Waals surface area contributed by atoms with Crippen LogP contribution in [0.3, 0.4) is 0 Å². The van der Waals surface area contributed by atoms with Gasteiger partial charge in [0.1, 0.15) is 17.2 Å². The predicted octanol–water partition coefficient (Wildman–Crippen LogP) is 3.51. The van der Waals surface area contributed by atoms with Gasteiger partial charge in [0.15, 0.2) is 0 Å². The molecular weight excluding hydrogens is 426 g/mol. The zero-order valence-electron chi connectivity index (χ0n) is 18.8. The molecule has 7 nitrogen and oxygen atoms in total. The van der Waals surface area contributed by atoms with Crippen LogP contribution in [0.5, 0.6) is 5.75 Å². The van der Waals surface area contributed by atoms with E-state index in [1.807, 2.05) is 24.3 Å². The van der Waals surface area contributed by atoms with Gasteiger partial charge in [0.2, 0.25) is 5.91 Å². The van der Waals surface area contributed by atoms with Crippen LogP contribution in [0.4, 0.5) is 0 Å². The molecule has 0 radical (unpaired) electrons. The van der Waals surface area contributed by atoms with Crippen LogP contribution < -0.4 is 4.74 Å². The number of hydrogen-bond donors (Lipinski definition) is 0. The molecule has 1 saturated heterocycles. The number of hydrogen-bond acceptors (Lipinski definition) is 7. The van der Waals surface area contributed by atoms with Crippen LogP contribution in [0, 0.1) is 0 Å². The Balaban J connectivity index is 1.29. The number of carbonyl (C=O) groups is 2. The molecule has 0 bridgehead atoms. The Labute approximate surface area is 193 Å². The Morgan fingerprint density at radius 1 is 1.22 bits per heavy atom. The quantitative estimate of drug-likeness (QED) is 0.343. The minimum Gasteiger partial charge on any atom is -0.494 e. The molecule has 0 saturated carbocycles. The summed E-state index contributed by atoms with van der Waals surface area (Å²) in [4.78, 5) is 33.8. The largest absolute Gasteiger partial charge is 0.494 e. The molecular formula is C24H31N3O4S. The number of esters is 1. The second-order valence-corrected chi connectivity index (χ2v) is 9.54. The fraction of sp³-hybridized carbons (Fsp3) is 0.542. The van der Waals surface area contributed by atoms with Gasteiger partial charge < -0.3 is 19.3 Å². The Hall–Kier alpha value is -2.45. The lowest BCUT2D eigenvalue weighted by molar-refractivity contribution is -0.147. The van der Waals surface area contributed by atoms with Crippen LogP contribution in [0.15, 0.2) is 24.3 Å². The first-order chi connectivity index (χ1) is 15.5. The van der Waals surface area contributed by atoms with E-state index in [-0.39, 0.29) is 12.3 Å². The topological polar surface area (TPSA) is 72.0 Å². The summed E-state index contributed by atoms with van der Waals surface area (Å²) in [5.41, 5.74) is 2.10. The second kappa shape index (κ2) is 10.4. The highest BCUT2D eigenvalue weighted by atomic mass is 32.1. The third-order valence-electron chi connectivity index (χ3n) is 6.26. The van der Waals surface area contributed by atoms with Gasteiger partial charge in [0.05, 0.1) is 26.0 Å². The molecule has 172 valence electrons. The number of thiazole rings is 1. The first-order valence-corrected chi connectivity index (χ1v) is 12.2. The third kappa shape index (κ3) is 5.48. The van der Waals surface area contributed by atoms with Crippen molar-refractivity contribution in [1.82, 2.24) is 14.8 Å². The first kappa shape index (κ1) is 22.7. The molecule has 3 heterocycles. The summed E-state index contributed by atoms with van der Waals surface area (Å²) >= 11 is 1.61. The summed E-state index contributed by atoms with van der Waals surface area (Å²) in [5.74, 6) is 0.181. The molecule has 1 amide bonds. The van der Waals surface area contributed by atoms with Crippen molar-refractivity contribution in [1.29, 1.82) is 0 Å². The average molecular weight is 458 g/mol. The standard InChI is InChI=1S/C24H31N3O4S/c1-17-5-3-11-26(17)12-4-14-31-19-8-6-18(7-9-19)24-25-20-10-13-27(16-21(20)32-24)22(28)15-23(29)30-2/h6-9,17H,3-5,10-16H2,1-2H3/t17-/m1/s1. The number of ether oxygens (including phenoxy) is 2. The summed E-state index contributed by atoms with van der Waals surface area (Å²) in [6.07, 6.45) is 4.15. The fourth-order valence-corrected chi connectivity index (χ4v) is 5.44. The van der Waals surface area contributed by atoms with Gasteiger partial charge in [-0.1, -0.05) is 0 Å². The molecule has 2 aromatic rings. The number of aromatic nitrogens is 1. The van der Waals surface area contributed by atoms with E-state index in [1.165, 1.54) is 26.5 Å². The predicted molar refractivity (Wildman–Crippen MR) is 124 cm³/mol. The zero-order valence-corrected chi connectivity index (χ0v) is 19.7. The van der Waals surface area contributed by atoms with Crippen molar-refractivity contribution in [2.75, 3.05) is 33.4 Å². The number of benzene rings is 1. The number of methoxy groups -OCH3 is 1. The van der Waals surface area contributed by atoms with Crippen molar-refractivity contribution in [3.63, 3.8) is 0 Å². The molecule has 2 aliphatic heterocycles. The van der Waals surface area contributed by atoms with Gasteiger partial charge in [-0.05, 0) is 57.0 Å². The minimum absolute atomic E-state index is 0.196. The Kier molecular flexibility index (Phi) is 7.42. The number of carbonyl (C=O) groups excluding carboxylic acids is 2. The Morgan fingerprint density at radius 2 is 2.03 bits per heavy atom. The highest BCUT2D eigenvalue weighted by molar-refractivity contribution is 7.15.